The van der Waals surface area contributed by atoms with Gasteiger partial charge in [-0.2, -0.15) is 13.2 Å². The number of hydrogen-bond donors (Lipinski definition) is 1. The third-order valence-electron chi connectivity index (χ3n) is 1.51. The number of hydrogen-bond acceptors (Lipinski definition) is 4. The van der Waals surface area contributed by atoms with Crippen LogP contribution < -0.4 is 5.73 Å². The summed E-state index contributed by atoms with van der Waals surface area (Å²) in [6.45, 7) is 1.30. The van der Waals surface area contributed by atoms with Gasteiger partial charge in [-0.15, -0.1) is 0 Å². The van der Waals surface area contributed by atoms with Gasteiger partial charge in [-0.1, -0.05) is 0 Å². The molecular formula is C9H10F3NO3. The number of esters is 1. The van der Waals surface area contributed by atoms with Crippen LogP contribution in [0.4, 0.5) is 13.2 Å². The van der Waals surface area contributed by atoms with Crippen molar-refractivity contribution in [2.75, 3.05) is 7.11 Å². The van der Waals surface area contributed by atoms with Crippen molar-refractivity contribution in [3.05, 3.63) is 23.4 Å². The summed E-state index contributed by atoms with van der Waals surface area (Å²) in [7, 11) is 1.05. The van der Waals surface area contributed by atoms with Crippen molar-refractivity contribution in [1.29, 1.82) is 0 Å². The lowest BCUT2D eigenvalue weighted by Crippen LogP contribution is -2.20. The maximum Gasteiger partial charge on any atom is 0.454 e. The molecule has 0 spiro atoms. The van der Waals surface area contributed by atoms with Crippen LogP contribution in [-0.2, 0) is 14.3 Å². The summed E-state index contributed by atoms with van der Waals surface area (Å²) in [5.74, 6) is -2.98. The maximum atomic E-state index is 11.8. The number of nitrogens with two attached hydrogens (primary N) is 1. The van der Waals surface area contributed by atoms with E-state index in [9.17, 15) is 22.8 Å². The van der Waals surface area contributed by atoms with Crippen LogP contribution in [0.5, 0.6) is 0 Å². The first kappa shape index (κ1) is 14.2. The number of carbonyl (C=O) groups is 2. The molecule has 0 unspecified atom stereocenters. The lowest BCUT2D eigenvalue weighted by atomic mass is 10.2. The normalized spacial score (nSPS) is 13.6. The van der Waals surface area contributed by atoms with Crippen LogP contribution in [0.1, 0.15) is 6.92 Å². The summed E-state index contributed by atoms with van der Waals surface area (Å²) in [6, 6.07) is 0. The van der Waals surface area contributed by atoms with Gasteiger partial charge in [0.1, 0.15) is 0 Å². The number of methoxy groups -OCH3 is 1. The van der Waals surface area contributed by atoms with Gasteiger partial charge < -0.3 is 10.5 Å². The number of carbonyl (C=O) groups excluding carboxylic acids is 2. The Labute approximate surface area is 89.6 Å². The molecule has 0 atom stereocenters. The highest BCUT2D eigenvalue weighted by atomic mass is 19.4. The van der Waals surface area contributed by atoms with Crippen LogP contribution >= 0.6 is 0 Å². The predicted molar refractivity (Wildman–Crippen MR) is 49.1 cm³/mol. The minimum Gasteiger partial charge on any atom is -0.465 e. The third kappa shape index (κ3) is 4.16. The number of allylic oxidation sites excluding steroid dienone is 2. The quantitative estimate of drug-likeness (QED) is 0.453. The number of rotatable bonds is 3. The Morgan fingerprint density at radius 3 is 2.06 bits per heavy atom. The van der Waals surface area contributed by atoms with E-state index in [2.05, 4.69) is 4.74 Å². The highest BCUT2D eigenvalue weighted by Crippen LogP contribution is 2.17. The van der Waals surface area contributed by atoms with Crippen molar-refractivity contribution in [2.45, 2.75) is 13.1 Å². The smallest absolute Gasteiger partial charge is 0.454 e. The van der Waals surface area contributed by atoms with Gasteiger partial charge in [-0.3, -0.25) is 4.79 Å². The first-order chi connectivity index (χ1) is 7.20. The van der Waals surface area contributed by atoms with E-state index in [1.54, 1.807) is 0 Å². The molecule has 0 aromatic carbocycles. The maximum absolute atomic E-state index is 11.8. The molecule has 0 heterocycles. The van der Waals surface area contributed by atoms with E-state index >= 15 is 0 Å². The predicted octanol–water partition coefficient (Wildman–Crippen LogP) is 1.08. The number of ether oxygens (including phenoxy) is 1. The van der Waals surface area contributed by atoms with Crippen molar-refractivity contribution in [2.24, 2.45) is 5.73 Å². The van der Waals surface area contributed by atoms with Crippen LogP contribution in [0.2, 0.25) is 0 Å². The highest BCUT2D eigenvalue weighted by Gasteiger charge is 2.36. The molecule has 0 aliphatic rings. The Hall–Kier alpha value is -1.79. The Balaban J connectivity index is 4.95. The Bertz CT molecular complexity index is 352. The molecule has 0 aromatic rings. The SMILES string of the molecule is COC(=O)C(/C=C\C(=O)C(F)(F)F)=C(/C)N. The fraction of sp³-hybridized carbons (Fsp3) is 0.333. The van der Waals surface area contributed by atoms with Crippen molar-refractivity contribution in [3.63, 3.8) is 0 Å². The lowest BCUT2D eigenvalue weighted by molar-refractivity contribution is -0.165. The zero-order chi connectivity index (χ0) is 12.9. The minimum atomic E-state index is -4.97. The average Bonchev–Trinajstić information content (AvgIpc) is 2.15. The summed E-state index contributed by atoms with van der Waals surface area (Å²) >= 11 is 0. The third-order valence-corrected chi connectivity index (χ3v) is 1.51. The van der Waals surface area contributed by atoms with Gasteiger partial charge in [-0.25, -0.2) is 4.79 Å². The fourth-order valence-corrected chi connectivity index (χ4v) is 0.724. The molecule has 0 radical (unpaired) electrons. The molecule has 0 aliphatic carbocycles. The Kier molecular flexibility index (Phi) is 4.74. The lowest BCUT2D eigenvalue weighted by Gasteiger charge is -2.03. The van der Waals surface area contributed by atoms with E-state index in [0.717, 1.165) is 7.11 Å². The van der Waals surface area contributed by atoms with Crippen LogP contribution in [-0.4, -0.2) is 25.0 Å². The number of alkyl halides is 3. The molecule has 0 aromatic heterocycles. The molecular weight excluding hydrogens is 227 g/mol. The average molecular weight is 237 g/mol. The van der Waals surface area contributed by atoms with Crippen LogP contribution in [0, 0.1) is 0 Å². The zero-order valence-corrected chi connectivity index (χ0v) is 8.59. The molecule has 0 rings (SSSR count). The molecule has 16 heavy (non-hydrogen) atoms. The Morgan fingerprint density at radius 2 is 1.75 bits per heavy atom. The van der Waals surface area contributed by atoms with E-state index < -0.39 is 17.9 Å². The second-order valence-corrected chi connectivity index (χ2v) is 2.78. The number of ketones is 1. The summed E-state index contributed by atoms with van der Waals surface area (Å²) in [5.41, 5.74) is 4.91. The highest BCUT2D eigenvalue weighted by molar-refractivity contribution is 5.98. The van der Waals surface area contributed by atoms with Gasteiger partial charge in [-0.05, 0) is 19.1 Å². The summed E-state index contributed by atoms with van der Waals surface area (Å²) in [6.07, 6.45) is -4.07. The first-order valence-electron chi connectivity index (χ1n) is 4.04. The molecule has 0 aliphatic heterocycles. The fourth-order valence-electron chi connectivity index (χ4n) is 0.724. The van der Waals surface area contributed by atoms with Gasteiger partial charge in [0.15, 0.2) is 0 Å². The topological polar surface area (TPSA) is 69.4 Å². The standard InChI is InChI=1S/C9H10F3NO3/c1-5(13)6(8(15)16-2)3-4-7(14)9(10,11)12/h3-4H,13H2,1-2H3/b4-3-,6-5-. The van der Waals surface area contributed by atoms with E-state index in [-0.39, 0.29) is 17.3 Å². The van der Waals surface area contributed by atoms with Crippen molar-refractivity contribution in [3.8, 4) is 0 Å². The molecule has 90 valence electrons. The zero-order valence-electron chi connectivity index (χ0n) is 8.59. The van der Waals surface area contributed by atoms with E-state index in [0.29, 0.717) is 6.08 Å². The van der Waals surface area contributed by atoms with Crippen LogP contribution in [0.3, 0.4) is 0 Å². The van der Waals surface area contributed by atoms with Gasteiger partial charge in [0.05, 0.1) is 12.7 Å². The van der Waals surface area contributed by atoms with Gasteiger partial charge in [0, 0.05) is 5.70 Å². The molecule has 4 nitrogen and oxygen atoms in total. The van der Waals surface area contributed by atoms with Gasteiger partial charge >= 0.3 is 12.1 Å². The first-order valence-corrected chi connectivity index (χ1v) is 4.04. The van der Waals surface area contributed by atoms with Crippen molar-refractivity contribution in [1.82, 2.24) is 0 Å². The van der Waals surface area contributed by atoms with Crippen molar-refractivity contribution < 1.29 is 27.5 Å². The van der Waals surface area contributed by atoms with Crippen molar-refractivity contribution >= 4 is 11.8 Å². The van der Waals surface area contributed by atoms with Crippen LogP contribution in [0.25, 0.3) is 0 Å². The second-order valence-electron chi connectivity index (χ2n) is 2.78. The van der Waals surface area contributed by atoms with E-state index in [4.69, 9.17) is 5.73 Å². The summed E-state index contributed by atoms with van der Waals surface area (Å²) in [5, 5.41) is 0. The molecule has 0 amide bonds. The largest absolute Gasteiger partial charge is 0.465 e. The van der Waals surface area contributed by atoms with Gasteiger partial charge in [0.2, 0.25) is 0 Å². The van der Waals surface area contributed by atoms with Crippen LogP contribution in [0.15, 0.2) is 23.4 Å². The molecule has 2 N–H and O–H groups in total. The summed E-state index contributed by atoms with van der Waals surface area (Å²) < 4.78 is 39.7. The Morgan fingerprint density at radius 1 is 1.25 bits per heavy atom. The molecule has 0 fully saturated rings. The monoisotopic (exact) mass is 237 g/mol. The molecule has 0 bridgehead atoms. The minimum absolute atomic E-state index is 0.0434. The van der Waals surface area contributed by atoms with E-state index in [1.807, 2.05) is 0 Å². The van der Waals surface area contributed by atoms with E-state index in [1.165, 1.54) is 6.92 Å². The molecule has 0 saturated heterocycles. The summed E-state index contributed by atoms with van der Waals surface area (Å²) in [4.78, 5) is 21.5. The molecule has 0 saturated carbocycles. The second kappa shape index (κ2) is 5.34. The molecule has 7 heteroatoms. The number of halogens is 3. The van der Waals surface area contributed by atoms with Gasteiger partial charge in [0.25, 0.3) is 5.78 Å².